The van der Waals surface area contributed by atoms with Gasteiger partial charge in [0.05, 0.1) is 11.3 Å². The first-order chi connectivity index (χ1) is 8.43. The van der Waals surface area contributed by atoms with Gasteiger partial charge in [0, 0.05) is 10.9 Å². The molecule has 100 valence electrons. The minimum atomic E-state index is -0.906. The van der Waals surface area contributed by atoms with Crippen molar-refractivity contribution in [2.75, 3.05) is 0 Å². The van der Waals surface area contributed by atoms with Gasteiger partial charge in [-0.25, -0.2) is 0 Å². The van der Waals surface area contributed by atoms with Crippen LogP contribution in [0.3, 0.4) is 0 Å². The highest BCUT2D eigenvalue weighted by Gasteiger charge is 2.15. The third-order valence-electron chi connectivity index (χ3n) is 2.62. The van der Waals surface area contributed by atoms with E-state index >= 15 is 0 Å². The second-order valence-corrected chi connectivity index (χ2v) is 5.67. The summed E-state index contributed by atoms with van der Waals surface area (Å²) >= 11 is 1.46. The first kappa shape index (κ1) is 14.7. The van der Waals surface area contributed by atoms with E-state index in [1.54, 1.807) is 6.92 Å². The average Bonchev–Trinajstić information content (AvgIpc) is 2.59. The summed E-state index contributed by atoms with van der Waals surface area (Å²) in [4.78, 5) is 24.3. The summed E-state index contributed by atoms with van der Waals surface area (Å²) < 4.78 is 0. The maximum absolute atomic E-state index is 11.9. The van der Waals surface area contributed by atoms with Gasteiger partial charge >= 0.3 is 5.97 Å². The fraction of sp³-hybridized carbons (Fsp3) is 0.538. The van der Waals surface area contributed by atoms with E-state index in [1.165, 1.54) is 16.9 Å². The van der Waals surface area contributed by atoms with Crippen molar-refractivity contribution in [1.82, 2.24) is 5.32 Å². The summed E-state index contributed by atoms with van der Waals surface area (Å²) in [6, 6.07) is 1.55. The highest BCUT2D eigenvalue weighted by molar-refractivity contribution is 7.14. The van der Waals surface area contributed by atoms with E-state index in [0.717, 1.165) is 17.7 Å². The zero-order valence-corrected chi connectivity index (χ0v) is 11.8. The molecule has 1 unspecified atom stereocenters. The average molecular weight is 269 g/mol. The lowest BCUT2D eigenvalue weighted by Gasteiger charge is -2.10. The molecule has 0 aliphatic heterocycles. The maximum atomic E-state index is 11.9. The van der Waals surface area contributed by atoms with Crippen molar-refractivity contribution in [2.45, 2.75) is 46.1 Å². The molecule has 0 aliphatic carbocycles. The fourth-order valence-electron chi connectivity index (χ4n) is 1.76. The number of hydrogen-bond donors (Lipinski definition) is 2. The van der Waals surface area contributed by atoms with Gasteiger partial charge in [-0.3, -0.25) is 9.59 Å². The third-order valence-corrected chi connectivity index (χ3v) is 3.71. The molecule has 1 aromatic heterocycles. The van der Waals surface area contributed by atoms with E-state index in [1.807, 2.05) is 13.0 Å². The van der Waals surface area contributed by atoms with Crippen molar-refractivity contribution in [3.63, 3.8) is 0 Å². The molecule has 0 spiro atoms. The molecule has 1 atom stereocenters. The van der Waals surface area contributed by atoms with Gasteiger partial charge < -0.3 is 10.4 Å². The van der Waals surface area contributed by atoms with Crippen molar-refractivity contribution >= 4 is 23.2 Å². The van der Waals surface area contributed by atoms with Crippen LogP contribution in [0.4, 0.5) is 0 Å². The highest BCUT2D eigenvalue weighted by Crippen LogP contribution is 2.22. The SMILES string of the molecule is CCCc1cc(C(=O)NC(C)CC(=O)O)sc1C. The molecular formula is C13H19NO3S. The molecule has 5 heteroatoms. The zero-order chi connectivity index (χ0) is 13.7. The number of aryl methyl sites for hydroxylation is 2. The van der Waals surface area contributed by atoms with Gasteiger partial charge in [-0.2, -0.15) is 0 Å². The Bertz CT molecular complexity index is 439. The molecule has 0 aliphatic rings. The minimum absolute atomic E-state index is 0.0576. The van der Waals surface area contributed by atoms with Crippen molar-refractivity contribution in [3.8, 4) is 0 Å². The Morgan fingerprint density at radius 3 is 2.72 bits per heavy atom. The number of carbonyl (C=O) groups is 2. The summed E-state index contributed by atoms with van der Waals surface area (Å²) in [5, 5.41) is 11.3. The Hall–Kier alpha value is -1.36. The summed E-state index contributed by atoms with van der Waals surface area (Å²) in [7, 11) is 0. The standard InChI is InChI=1S/C13H19NO3S/c1-4-5-10-7-11(18-9(10)3)13(17)14-8(2)6-12(15)16/h7-8H,4-6H2,1-3H3,(H,14,17)(H,15,16). The van der Waals surface area contributed by atoms with Gasteiger partial charge in [-0.15, -0.1) is 11.3 Å². The van der Waals surface area contributed by atoms with Crippen LogP contribution in [-0.2, 0) is 11.2 Å². The Morgan fingerprint density at radius 2 is 2.17 bits per heavy atom. The number of nitrogens with one attached hydrogen (secondary N) is 1. The molecule has 0 aromatic carbocycles. The number of thiophene rings is 1. The predicted molar refractivity (Wildman–Crippen MR) is 72.2 cm³/mol. The molecule has 0 saturated carbocycles. The van der Waals surface area contributed by atoms with Gasteiger partial charge in [0.1, 0.15) is 0 Å². The van der Waals surface area contributed by atoms with Crippen molar-refractivity contribution in [2.24, 2.45) is 0 Å². The predicted octanol–water partition coefficient (Wildman–Crippen LogP) is 2.60. The van der Waals surface area contributed by atoms with Crippen LogP contribution in [0.1, 0.15) is 46.8 Å². The molecule has 1 heterocycles. The molecule has 0 fully saturated rings. The number of rotatable bonds is 6. The van der Waals surface area contributed by atoms with Crippen LogP contribution in [-0.4, -0.2) is 23.0 Å². The van der Waals surface area contributed by atoms with Gasteiger partial charge in [-0.1, -0.05) is 13.3 Å². The van der Waals surface area contributed by atoms with E-state index in [0.29, 0.717) is 4.88 Å². The number of carboxylic acid groups (broad SMARTS) is 1. The lowest BCUT2D eigenvalue weighted by Crippen LogP contribution is -2.33. The monoisotopic (exact) mass is 269 g/mol. The molecule has 4 nitrogen and oxygen atoms in total. The summed E-state index contributed by atoms with van der Waals surface area (Å²) in [6.45, 7) is 5.80. The van der Waals surface area contributed by atoms with Crippen molar-refractivity contribution in [1.29, 1.82) is 0 Å². The fourth-order valence-corrected chi connectivity index (χ4v) is 2.73. The Labute approximate surface area is 111 Å². The minimum Gasteiger partial charge on any atom is -0.481 e. The summed E-state index contributed by atoms with van der Waals surface area (Å²) in [6.07, 6.45) is 1.96. The number of aliphatic carboxylic acids is 1. The topological polar surface area (TPSA) is 66.4 Å². The number of hydrogen-bond acceptors (Lipinski definition) is 3. The quantitative estimate of drug-likeness (QED) is 0.834. The first-order valence-electron chi connectivity index (χ1n) is 6.06. The van der Waals surface area contributed by atoms with Crippen LogP contribution in [0.5, 0.6) is 0 Å². The number of amides is 1. The largest absolute Gasteiger partial charge is 0.481 e. The van der Waals surface area contributed by atoms with Gasteiger partial charge in [0.2, 0.25) is 0 Å². The van der Waals surface area contributed by atoms with Crippen LogP contribution in [0.15, 0.2) is 6.07 Å². The Kier molecular flexibility index (Phi) is 5.34. The van der Waals surface area contributed by atoms with Crippen LogP contribution in [0, 0.1) is 6.92 Å². The molecule has 0 saturated heterocycles. The zero-order valence-electron chi connectivity index (χ0n) is 10.9. The van der Waals surface area contributed by atoms with Crippen LogP contribution in [0.25, 0.3) is 0 Å². The second kappa shape index (κ2) is 6.54. The van der Waals surface area contributed by atoms with Crippen LogP contribution < -0.4 is 5.32 Å². The number of carboxylic acids is 1. The maximum Gasteiger partial charge on any atom is 0.305 e. The molecule has 1 aromatic rings. The lowest BCUT2D eigenvalue weighted by molar-refractivity contribution is -0.137. The normalized spacial score (nSPS) is 12.2. The van der Waals surface area contributed by atoms with Crippen LogP contribution >= 0.6 is 11.3 Å². The van der Waals surface area contributed by atoms with Crippen LogP contribution in [0.2, 0.25) is 0 Å². The van der Waals surface area contributed by atoms with Gasteiger partial charge in [0.15, 0.2) is 0 Å². The molecule has 1 rings (SSSR count). The van der Waals surface area contributed by atoms with Gasteiger partial charge in [0.25, 0.3) is 5.91 Å². The number of carbonyl (C=O) groups excluding carboxylic acids is 1. The van der Waals surface area contributed by atoms with E-state index in [-0.39, 0.29) is 18.4 Å². The highest BCUT2D eigenvalue weighted by atomic mass is 32.1. The van der Waals surface area contributed by atoms with Gasteiger partial charge in [-0.05, 0) is 31.9 Å². The van der Waals surface area contributed by atoms with E-state index < -0.39 is 5.97 Å². The summed E-state index contributed by atoms with van der Waals surface area (Å²) in [5.74, 6) is -1.09. The molecule has 0 bridgehead atoms. The third kappa shape index (κ3) is 4.14. The smallest absolute Gasteiger partial charge is 0.305 e. The molecule has 1 amide bonds. The Morgan fingerprint density at radius 1 is 1.50 bits per heavy atom. The van der Waals surface area contributed by atoms with Crippen molar-refractivity contribution in [3.05, 3.63) is 21.4 Å². The molecule has 2 N–H and O–H groups in total. The van der Waals surface area contributed by atoms with E-state index in [4.69, 9.17) is 5.11 Å². The lowest BCUT2D eigenvalue weighted by atomic mass is 10.1. The molecular weight excluding hydrogens is 250 g/mol. The van der Waals surface area contributed by atoms with Crippen molar-refractivity contribution < 1.29 is 14.7 Å². The molecule has 0 radical (unpaired) electrons. The Balaban J connectivity index is 2.66. The molecule has 18 heavy (non-hydrogen) atoms. The van der Waals surface area contributed by atoms with E-state index in [9.17, 15) is 9.59 Å². The first-order valence-corrected chi connectivity index (χ1v) is 6.87. The summed E-state index contributed by atoms with van der Waals surface area (Å²) in [5.41, 5.74) is 1.21. The second-order valence-electron chi connectivity index (χ2n) is 4.41. The van der Waals surface area contributed by atoms with E-state index in [2.05, 4.69) is 12.2 Å².